The number of carbonyl (C=O) groups is 1. The summed E-state index contributed by atoms with van der Waals surface area (Å²) in [6.07, 6.45) is 0. The fourth-order valence-electron chi connectivity index (χ4n) is 4.77. The maximum Gasteiger partial charge on any atom is 0.264 e. The van der Waals surface area contributed by atoms with Crippen molar-refractivity contribution in [2.24, 2.45) is 0 Å². The van der Waals surface area contributed by atoms with Crippen molar-refractivity contribution in [3.8, 4) is 0 Å². The molecule has 200 valence electrons. The number of benzene rings is 4. The maximum absolute atomic E-state index is 14.0. The van der Waals surface area contributed by atoms with E-state index in [2.05, 4.69) is 4.90 Å². The number of halogens is 1. The highest BCUT2D eigenvalue weighted by molar-refractivity contribution is 7.92. The van der Waals surface area contributed by atoms with Gasteiger partial charge in [0.25, 0.3) is 15.9 Å². The van der Waals surface area contributed by atoms with Crippen LogP contribution in [0.15, 0.2) is 108 Å². The minimum atomic E-state index is -3.96. The Balaban J connectivity index is 1.46. The third kappa shape index (κ3) is 5.95. The van der Waals surface area contributed by atoms with Crippen LogP contribution in [0.2, 0.25) is 5.02 Å². The number of hydrogen-bond donors (Lipinski definition) is 0. The van der Waals surface area contributed by atoms with Crippen molar-refractivity contribution in [2.45, 2.75) is 18.4 Å². The zero-order valence-electron chi connectivity index (χ0n) is 21.7. The zero-order chi connectivity index (χ0) is 27.4. The van der Waals surface area contributed by atoms with Gasteiger partial charge in [0.2, 0.25) is 0 Å². The number of rotatable bonds is 7. The van der Waals surface area contributed by atoms with Crippen LogP contribution >= 0.6 is 11.6 Å². The molecule has 8 heteroatoms. The van der Waals surface area contributed by atoms with Crippen LogP contribution in [0.5, 0.6) is 0 Å². The summed E-state index contributed by atoms with van der Waals surface area (Å²) in [5, 5.41) is 0.674. The average Bonchev–Trinajstić information content (AvgIpc) is 2.96. The van der Waals surface area contributed by atoms with Gasteiger partial charge in [0.05, 0.1) is 22.7 Å². The van der Waals surface area contributed by atoms with Gasteiger partial charge in [-0.1, -0.05) is 77.8 Å². The Morgan fingerprint density at radius 2 is 1.49 bits per heavy atom. The number of amides is 1. The predicted molar refractivity (Wildman–Crippen MR) is 157 cm³/mol. The summed E-state index contributed by atoms with van der Waals surface area (Å²) >= 11 is 6.17. The van der Waals surface area contributed by atoms with Gasteiger partial charge in [-0.05, 0) is 55.0 Å². The molecule has 6 nitrogen and oxygen atoms in total. The number of piperazine rings is 1. The van der Waals surface area contributed by atoms with Crippen LogP contribution in [0.3, 0.4) is 0 Å². The molecular weight excluding hydrogens is 530 g/mol. The third-order valence-electron chi connectivity index (χ3n) is 6.92. The lowest BCUT2D eigenvalue weighted by Gasteiger charge is -2.37. The van der Waals surface area contributed by atoms with Crippen molar-refractivity contribution in [3.05, 3.63) is 125 Å². The summed E-state index contributed by atoms with van der Waals surface area (Å²) in [5.41, 5.74) is 3.54. The first-order valence-corrected chi connectivity index (χ1v) is 14.7. The Morgan fingerprint density at radius 1 is 0.821 bits per heavy atom. The van der Waals surface area contributed by atoms with E-state index >= 15 is 0 Å². The first-order chi connectivity index (χ1) is 18.8. The number of sulfonamides is 1. The lowest BCUT2D eigenvalue weighted by Crippen LogP contribution is -2.49. The van der Waals surface area contributed by atoms with Crippen LogP contribution in [-0.4, -0.2) is 45.4 Å². The van der Waals surface area contributed by atoms with E-state index in [1.54, 1.807) is 53.4 Å². The second kappa shape index (κ2) is 11.5. The molecule has 0 saturated carbocycles. The highest BCUT2D eigenvalue weighted by atomic mass is 35.5. The molecule has 1 aliphatic heterocycles. The normalized spacial score (nSPS) is 13.8. The van der Waals surface area contributed by atoms with Gasteiger partial charge in [0, 0.05) is 36.9 Å². The maximum atomic E-state index is 14.0. The second-order valence-corrected chi connectivity index (χ2v) is 11.9. The Bertz CT molecular complexity index is 1550. The van der Waals surface area contributed by atoms with E-state index < -0.39 is 10.0 Å². The van der Waals surface area contributed by atoms with Crippen molar-refractivity contribution >= 4 is 38.9 Å². The van der Waals surface area contributed by atoms with Gasteiger partial charge in [-0.3, -0.25) is 9.10 Å². The van der Waals surface area contributed by atoms with E-state index in [4.69, 9.17) is 11.6 Å². The molecule has 0 N–H and O–H groups in total. The molecule has 4 aromatic rings. The highest BCUT2D eigenvalue weighted by Gasteiger charge is 2.31. The molecule has 0 atom stereocenters. The van der Waals surface area contributed by atoms with E-state index in [9.17, 15) is 13.2 Å². The molecule has 0 spiro atoms. The number of nitrogens with zero attached hydrogens (tertiary/aromatic N) is 3. The summed E-state index contributed by atoms with van der Waals surface area (Å²) in [5.74, 6) is -0.187. The quantitative estimate of drug-likeness (QED) is 0.278. The SMILES string of the molecule is Cc1ccc(S(=O)(=O)N(Cc2ccccc2)c2ccccc2C(=O)N2CCN(c3cccc(Cl)c3)CC2)cc1. The molecule has 1 amide bonds. The van der Waals surface area contributed by atoms with Gasteiger partial charge < -0.3 is 9.80 Å². The van der Waals surface area contributed by atoms with Crippen LogP contribution in [0.1, 0.15) is 21.5 Å². The van der Waals surface area contributed by atoms with Crippen molar-refractivity contribution in [1.29, 1.82) is 0 Å². The summed E-state index contributed by atoms with van der Waals surface area (Å²) in [7, 11) is -3.96. The Labute approximate surface area is 235 Å². The van der Waals surface area contributed by atoms with Crippen LogP contribution in [0.4, 0.5) is 11.4 Å². The van der Waals surface area contributed by atoms with Gasteiger partial charge in [-0.15, -0.1) is 0 Å². The fraction of sp³-hybridized carbons (Fsp3) is 0.194. The topological polar surface area (TPSA) is 60.9 Å². The lowest BCUT2D eigenvalue weighted by molar-refractivity contribution is 0.0747. The van der Waals surface area contributed by atoms with Crippen molar-refractivity contribution in [2.75, 3.05) is 35.4 Å². The molecule has 0 aromatic heterocycles. The molecule has 0 radical (unpaired) electrons. The summed E-state index contributed by atoms with van der Waals surface area (Å²) in [6, 6.07) is 30.9. The van der Waals surface area contributed by atoms with Crippen molar-refractivity contribution < 1.29 is 13.2 Å². The van der Waals surface area contributed by atoms with Crippen LogP contribution in [0.25, 0.3) is 0 Å². The molecular formula is C31H30ClN3O3S. The summed E-state index contributed by atoms with van der Waals surface area (Å²) in [4.78, 5) is 18.0. The summed E-state index contributed by atoms with van der Waals surface area (Å²) < 4.78 is 29.4. The van der Waals surface area contributed by atoms with Crippen molar-refractivity contribution in [3.63, 3.8) is 0 Å². The molecule has 0 unspecified atom stereocenters. The molecule has 5 rings (SSSR count). The molecule has 1 saturated heterocycles. The minimum absolute atomic E-state index is 0.101. The van der Waals surface area contributed by atoms with Crippen LogP contribution < -0.4 is 9.21 Å². The fourth-order valence-corrected chi connectivity index (χ4v) is 6.43. The average molecular weight is 560 g/mol. The van der Waals surface area contributed by atoms with Gasteiger partial charge in [-0.25, -0.2) is 8.42 Å². The second-order valence-electron chi connectivity index (χ2n) is 9.59. The first-order valence-electron chi connectivity index (χ1n) is 12.8. The van der Waals surface area contributed by atoms with E-state index in [0.29, 0.717) is 42.5 Å². The van der Waals surface area contributed by atoms with Gasteiger partial charge in [-0.2, -0.15) is 0 Å². The standard InChI is InChI=1S/C31H30ClN3O3S/c1-24-14-16-28(17-15-24)39(37,38)35(23-25-8-3-2-4-9-25)30-13-6-5-12-29(30)31(36)34-20-18-33(19-21-34)27-11-7-10-26(32)22-27/h2-17,22H,18-21,23H2,1H3. The number of carbonyl (C=O) groups excluding carboxylic acids is 1. The van der Waals surface area contributed by atoms with E-state index in [1.807, 2.05) is 61.5 Å². The number of aryl methyl sites for hydroxylation is 1. The van der Waals surface area contributed by atoms with Crippen LogP contribution in [-0.2, 0) is 16.6 Å². The van der Waals surface area contributed by atoms with E-state index in [-0.39, 0.29) is 17.3 Å². The predicted octanol–water partition coefficient (Wildman–Crippen LogP) is 6.01. The molecule has 0 bridgehead atoms. The van der Waals surface area contributed by atoms with Gasteiger partial charge in [0.15, 0.2) is 0 Å². The van der Waals surface area contributed by atoms with E-state index in [0.717, 1.165) is 16.8 Å². The van der Waals surface area contributed by atoms with Crippen molar-refractivity contribution in [1.82, 2.24) is 4.90 Å². The largest absolute Gasteiger partial charge is 0.368 e. The van der Waals surface area contributed by atoms with Gasteiger partial charge >= 0.3 is 0 Å². The van der Waals surface area contributed by atoms with Crippen LogP contribution in [0, 0.1) is 6.92 Å². The minimum Gasteiger partial charge on any atom is -0.368 e. The number of anilines is 2. The van der Waals surface area contributed by atoms with E-state index in [1.165, 1.54) is 4.31 Å². The first kappa shape index (κ1) is 26.8. The Hall–Kier alpha value is -3.81. The highest BCUT2D eigenvalue weighted by Crippen LogP contribution is 2.31. The summed E-state index contributed by atoms with van der Waals surface area (Å²) in [6.45, 7) is 4.36. The molecule has 1 heterocycles. The smallest absolute Gasteiger partial charge is 0.264 e. The number of hydrogen-bond acceptors (Lipinski definition) is 4. The zero-order valence-corrected chi connectivity index (χ0v) is 23.3. The molecule has 1 fully saturated rings. The van der Waals surface area contributed by atoms with Gasteiger partial charge in [0.1, 0.15) is 0 Å². The third-order valence-corrected chi connectivity index (χ3v) is 8.93. The molecule has 1 aliphatic rings. The molecule has 39 heavy (non-hydrogen) atoms. The Morgan fingerprint density at radius 3 is 2.18 bits per heavy atom. The molecule has 0 aliphatic carbocycles. The molecule has 4 aromatic carbocycles. The number of para-hydroxylation sites is 1. The monoisotopic (exact) mass is 559 g/mol. The lowest BCUT2D eigenvalue weighted by atomic mass is 10.1. The Kier molecular flexibility index (Phi) is 7.91.